The van der Waals surface area contributed by atoms with Gasteiger partial charge in [0.25, 0.3) is 0 Å². The molecule has 1 aromatic carbocycles. The van der Waals surface area contributed by atoms with Crippen molar-refractivity contribution >= 4 is 0 Å². The quantitative estimate of drug-likeness (QED) is 0.323. The molecule has 0 N–H and O–H groups in total. The van der Waals surface area contributed by atoms with Gasteiger partial charge in [0.1, 0.15) is 6.54 Å². The van der Waals surface area contributed by atoms with Gasteiger partial charge in [0.05, 0.1) is 0 Å². The van der Waals surface area contributed by atoms with Crippen LogP contribution >= 0.6 is 0 Å². The minimum atomic E-state index is 0. The number of hydrogen-bond acceptors (Lipinski definition) is 0. The number of unbranched alkanes of at least 4 members (excludes halogenated alkanes) is 9. The van der Waals surface area contributed by atoms with Crippen molar-refractivity contribution in [2.75, 3.05) is 0 Å². The summed E-state index contributed by atoms with van der Waals surface area (Å²) in [4.78, 5) is 0. The summed E-state index contributed by atoms with van der Waals surface area (Å²) in [5, 5.41) is 0. The van der Waals surface area contributed by atoms with Gasteiger partial charge in [0, 0.05) is 25.0 Å². The van der Waals surface area contributed by atoms with Crippen LogP contribution in [0.3, 0.4) is 0 Å². The molecule has 0 spiro atoms. The van der Waals surface area contributed by atoms with E-state index in [1.54, 1.807) is 0 Å². The van der Waals surface area contributed by atoms with Crippen molar-refractivity contribution < 1.29 is 17.0 Å². The van der Waals surface area contributed by atoms with Gasteiger partial charge in [-0.3, -0.25) is 0 Å². The number of aryl methyl sites for hydroxylation is 2. The van der Waals surface area contributed by atoms with Gasteiger partial charge in [-0.05, 0) is 24.0 Å². The lowest BCUT2D eigenvalue weighted by Crippen LogP contribution is -3.00. The second-order valence-corrected chi connectivity index (χ2v) is 7.90. The Bertz CT molecular complexity index is 624. The molecule has 1 aromatic heterocycles. The van der Waals surface area contributed by atoms with E-state index in [9.17, 15) is 0 Å². The number of halogens is 1. The maximum Gasteiger partial charge on any atom is 0.181 e. The van der Waals surface area contributed by atoms with Crippen molar-refractivity contribution in [3.63, 3.8) is 0 Å². The lowest BCUT2D eigenvalue weighted by Gasteiger charge is -2.07. The number of aromatic nitrogens is 1. The zero-order chi connectivity index (χ0) is 19.2. The summed E-state index contributed by atoms with van der Waals surface area (Å²) in [5.74, 6) is 0. The third kappa shape index (κ3) is 9.24. The minimum absolute atomic E-state index is 0. The molecule has 2 rings (SSSR count). The van der Waals surface area contributed by atoms with Gasteiger partial charge in [-0.1, -0.05) is 95.5 Å². The molecule has 1 nitrogen and oxygen atoms in total. The average molecular weight is 402 g/mol. The van der Waals surface area contributed by atoms with Crippen molar-refractivity contribution in [3.8, 4) is 11.1 Å². The van der Waals surface area contributed by atoms with Crippen LogP contribution < -0.4 is 17.0 Å². The van der Waals surface area contributed by atoms with Crippen LogP contribution in [-0.4, -0.2) is 0 Å². The highest BCUT2D eigenvalue weighted by Crippen LogP contribution is 2.19. The highest BCUT2D eigenvalue weighted by molar-refractivity contribution is 5.62. The van der Waals surface area contributed by atoms with Crippen molar-refractivity contribution in [3.05, 3.63) is 54.4 Å². The second-order valence-electron chi connectivity index (χ2n) is 7.90. The van der Waals surface area contributed by atoms with Crippen molar-refractivity contribution in [2.24, 2.45) is 0 Å². The molecule has 0 amide bonds. The maximum atomic E-state index is 2.49. The van der Waals surface area contributed by atoms with Gasteiger partial charge in [0.2, 0.25) is 0 Å². The summed E-state index contributed by atoms with van der Waals surface area (Å²) >= 11 is 0. The topological polar surface area (TPSA) is 3.88 Å². The number of benzene rings is 1. The normalized spacial score (nSPS) is 10.6. The number of hydrogen-bond donors (Lipinski definition) is 0. The molecule has 0 aliphatic heterocycles. The first-order valence-electron chi connectivity index (χ1n) is 11.4. The molecule has 0 radical (unpaired) electrons. The predicted octanol–water partition coefficient (Wildman–Crippen LogP) is 4.52. The van der Waals surface area contributed by atoms with Crippen LogP contribution in [0.25, 0.3) is 11.1 Å². The Morgan fingerprint density at radius 1 is 0.643 bits per heavy atom. The SMILES string of the molecule is CCCCCCCCCCCC[n+]1ccc(-c2ccccc2)cc1CCC.[Cl-]. The molecule has 0 aliphatic rings. The molecule has 0 unspecified atom stereocenters. The van der Waals surface area contributed by atoms with Crippen LogP contribution in [0, 0.1) is 0 Å². The Labute approximate surface area is 180 Å². The Kier molecular flexibility index (Phi) is 13.7. The van der Waals surface area contributed by atoms with Gasteiger partial charge in [0.15, 0.2) is 11.9 Å². The second kappa shape index (κ2) is 15.6. The third-order valence-corrected chi connectivity index (χ3v) is 5.49. The van der Waals surface area contributed by atoms with E-state index in [1.165, 1.54) is 100 Å². The fourth-order valence-corrected chi connectivity index (χ4v) is 3.85. The third-order valence-electron chi connectivity index (χ3n) is 5.49. The van der Waals surface area contributed by atoms with Gasteiger partial charge < -0.3 is 12.4 Å². The van der Waals surface area contributed by atoms with E-state index >= 15 is 0 Å². The highest BCUT2D eigenvalue weighted by atomic mass is 35.5. The summed E-state index contributed by atoms with van der Waals surface area (Å²) in [6.45, 7) is 5.74. The van der Waals surface area contributed by atoms with Crippen LogP contribution in [0.15, 0.2) is 48.7 Å². The number of nitrogens with zero attached hydrogens (tertiary/aromatic N) is 1. The van der Waals surface area contributed by atoms with Crippen LogP contribution in [0.2, 0.25) is 0 Å². The summed E-state index contributed by atoms with van der Waals surface area (Å²) in [6, 6.07) is 15.4. The smallest absolute Gasteiger partial charge is 0.181 e. The molecular formula is C26H40ClN. The fraction of sp³-hybridized carbons (Fsp3) is 0.577. The van der Waals surface area contributed by atoms with E-state index in [-0.39, 0.29) is 12.4 Å². The van der Waals surface area contributed by atoms with E-state index in [1.807, 2.05) is 0 Å². The average Bonchev–Trinajstić information content (AvgIpc) is 2.71. The molecule has 1 heterocycles. The van der Waals surface area contributed by atoms with Crippen LogP contribution in [0.1, 0.15) is 90.2 Å². The number of rotatable bonds is 14. The van der Waals surface area contributed by atoms with E-state index in [0.717, 1.165) is 0 Å². The van der Waals surface area contributed by atoms with Gasteiger partial charge in [-0.15, -0.1) is 0 Å². The standard InChI is InChI=1S/C26H40N.ClH/c1-3-5-6-7-8-9-10-11-12-16-21-27-22-20-25(23-26(27)17-4-2)24-18-14-13-15-19-24;/h13-15,18-20,22-23H,3-12,16-17,21H2,1-2H3;1H/q+1;/p-1. The first-order chi connectivity index (χ1) is 13.3. The zero-order valence-corrected chi connectivity index (χ0v) is 18.9. The van der Waals surface area contributed by atoms with Crippen molar-refractivity contribution in [1.82, 2.24) is 0 Å². The molecule has 2 heteroatoms. The van der Waals surface area contributed by atoms with E-state index in [4.69, 9.17) is 0 Å². The van der Waals surface area contributed by atoms with Crippen molar-refractivity contribution in [2.45, 2.75) is 97.4 Å². The monoisotopic (exact) mass is 401 g/mol. The van der Waals surface area contributed by atoms with E-state index in [2.05, 4.69) is 67.1 Å². The Balaban J connectivity index is 0.00000392. The fourth-order valence-electron chi connectivity index (χ4n) is 3.85. The van der Waals surface area contributed by atoms with Gasteiger partial charge in [-0.2, -0.15) is 0 Å². The zero-order valence-electron chi connectivity index (χ0n) is 18.1. The highest BCUT2D eigenvalue weighted by Gasteiger charge is 2.11. The molecule has 0 saturated heterocycles. The predicted molar refractivity (Wildman–Crippen MR) is 118 cm³/mol. The molecule has 0 aliphatic carbocycles. The molecule has 0 fully saturated rings. The molecule has 2 aromatic rings. The van der Waals surface area contributed by atoms with E-state index < -0.39 is 0 Å². The summed E-state index contributed by atoms with van der Waals surface area (Å²) in [6.07, 6.45) is 18.7. The lowest BCUT2D eigenvalue weighted by molar-refractivity contribution is -0.704. The van der Waals surface area contributed by atoms with Gasteiger partial charge >= 0.3 is 0 Å². The largest absolute Gasteiger partial charge is 1.00 e. The first kappa shape index (κ1) is 24.7. The maximum absolute atomic E-state index is 2.49. The molecular weight excluding hydrogens is 362 g/mol. The minimum Gasteiger partial charge on any atom is -1.00 e. The Hall–Kier alpha value is -1.34. The van der Waals surface area contributed by atoms with Gasteiger partial charge in [-0.25, -0.2) is 4.57 Å². The first-order valence-corrected chi connectivity index (χ1v) is 11.4. The van der Waals surface area contributed by atoms with Crippen LogP contribution in [-0.2, 0) is 13.0 Å². The van der Waals surface area contributed by atoms with Crippen LogP contribution in [0.5, 0.6) is 0 Å². The summed E-state index contributed by atoms with van der Waals surface area (Å²) < 4.78 is 2.49. The molecule has 0 bridgehead atoms. The van der Waals surface area contributed by atoms with Crippen LogP contribution in [0.4, 0.5) is 0 Å². The summed E-state index contributed by atoms with van der Waals surface area (Å²) in [7, 11) is 0. The Morgan fingerprint density at radius 3 is 1.86 bits per heavy atom. The number of pyridine rings is 1. The molecule has 0 saturated carbocycles. The molecule has 28 heavy (non-hydrogen) atoms. The lowest BCUT2D eigenvalue weighted by atomic mass is 10.0. The summed E-state index contributed by atoms with van der Waals surface area (Å²) in [5.41, 5.74) is 4.15. The molecule has 156 valence electrons. The van der Waals surface area contributed by atoms with Crippen molar-refractivity contribution in [1.29, 1.82) is 0 Å². The molecule has 0 atom stereocenters. The van der Waals surface area contributed by atoms with E-state index in [0.29, 0.717) is 0 Å². The Morgan fingerprint density at radius 2 is 1.25 bits per heavy atom.